The number of hydrogen-bond donors (Lipinski definition) is 3. The van der Waals surface area contributed by atoms with E-state index >= 15 is 0 Å². The molecule has 0 unspecified atom stereocenters. The Morgan fingerprint density at radius 2 is 1.65 bits per heavy atom. The number of hydrogen-bond acceptors (Lipinski definition) is 10. The molecule has 4 rings (SSSR count). The van der Waals surface area contributed by atoms with Crippen LogP contribution >= 0.6 is 0 Å². The van der Waals surface area contributed by atoms with Crippen LogP contribution in [0.5, 0.6) is 0 Å². The third kappa shape index (κ3) is 9.77. The summed E-state index contributed by atoms with van der Waals surface area (Å²) in [5, 5.41) is 37.6. The number of imide groups is 1. The van der Waals surface area contributed by atoms with Crippen molar-refractivity contribution in [2.24, 2.45) is 17.0 Å². The first-order valence-corrected chi connectivity index (χ1v) is 18.2. The molecule has 0 aliphatic carbocycles. The monoisotopic (exact) mass is 736 g/mol. The maximum Gasteiger partial charge on any atom is 0.328 e. The fourth-order valence-corrected chi connectivity index (χ4v) is 7.69. The Kier molecular flexibility index (Phi) is 13.2. The number of carbonyl (C=O) groups is 3. The van der Waals surface area contributed by atoms with E-state index in [2.05, 4.69) is 10.5 Å². The average Bonchev–Trinajstić information content (AvgIpc) is 3.36. The molecule has 0 bridgehead atoms. The lowest BCUT2D eigenvalue weighted by Crippen LogP contribution is -2.57. The number of aliphatic hydroxyl groups is 1. The van der Waals surface area contributed by atoms with Gasteiger partial charge in [-0.25, -0.2) is 13.2 Å². The number of nitro benzene ring substituents is 1. The second-order valence-corrected chi connectivity index (χ2v) is 15.3. The maximum absolute atomic E-state index is 14.1. The van der Waals surface area contributed by atoms with E-state index in [0.29, 0.717) is 11.1 Å². The summed E-state index contributed by atoms with van der Waals surface area (Å²) in [4.78, 5) is 53.5. The predicted molar refractivity (Wildman–Crippen MR) is 192 cm³/mol. The molecule has 0 spiro atoms. The van der Waals surface area contributed by atoms with Gasteiger partial charge in [-0.3, -0.25) is 24.6 Å². The van der Waals surface area contributed by atoms with Crippen LogP contribution < -0.4 is 5.32 Å². The highest BCUT2D eigenvalue weighted by Gasteiger charge is 2.44. The number of sulfonamides is 1. The molecule has 1 saturated heterocycles. The standard InChI is InChI=1S/C36H44N6O9S/c1-24(2)20-39(52(50,51)30-15-13-27(14-16-30)19-37-47)22-32(43)31(18-26-9-6-5-7-10-26)38-35(45)34(25(3)4)41-23-33(44)40(36(41)46)21-28-11-8-12-29(17-28)42(48)49/h5-17,19,24-25,31-32,34,43,47H,18,20-23H2,1-4H3,(H,38,45)/t31-,32-,34-/m0/s1. The zero-order valence-electron chi connectivity index (χ0n) is 29.4. The normalized spacial score (nSPS) is 15.5. The van der Waals surface area contributed by atoms with Gasteiger partial charge in [0, 0.05) is 25.2 Å². The fourth-order valence-electron chi connectivity index (χ4n) is 6.06. The van der Waals surface area contributed by atoms with Gasteiger partial charge in [-0.1, -0.05) is 87.4 Å². The van der Waals surface area contributed by atoms with Gasteiger partial charge in [0.15, 0.2) is 0 Å². The van der Waals surface area contributed by atoms with Crippen LogP contribution in [-0.4, -0.2) is 99.6 Å². The van der Waals surface area contributed by atoms with Gasteiger partial charge >= 0.3 is 6.03 Å². The van der Waals surface area contributed by atoms with Gasteiger partial charge in [-0.05, 0) is 47.1 Å². The van der Waals surface area contributed by atoms with Crippen molar-refractivity contribution in [3.8, 4) is 0 Å². The van der Waals surface area contributed by atoms with Crippen LogP contribution in [0.3, 0.4) is 0 Å². The molecular formula is C36H44N6O9S. The molecule has 1 aliphatic rings. The summed E-state index contributed by atoms with van der Waals surface area (Å²) >= 11 is 0. The minimum atomic E-state index is -4.13. The second kappa shape index (κ2) is 17.4. The fraction of sp³-hybridized carbons (Fsp3) is 0.389. The van der Waals surface area contributed by atoms with E-state index in [1.165, 1.54) is 42.5 Å². The number of nitrogens with one attached hydrogen (secondary N) is 1. The van der Waals surface area contributed by atoms with E-state index in [0.717, 1.165) is 25.9 Å². The number of aliphatic hydroxyl groups excluding tert-OH is 1. The highest BCUT2D eigenvalue weighted by atomic mass is 32.2. The molecule has 3 aromatic rings. The van der Waals surface area contributed by atoms with Crippen LogP contribution in [0.15, 0.2) is 88.9 Å². The number of urea groups is 1. The van der Waals surface area contributed by atoms with Crippen molar-refractivity contribution in [2.45, 2.75) is 63.7 Å². The van der Waals surface area contributed by atoms with Crippen LogP contribution in [-0.2, 0) is 32.6 Å². The van der Waals surface area contributed by atoms with Crippen molar-refractivity contribution >= 4 is 39.8 Å². The Morgan fingerprint density at radius 3 is 2.25 bits per heavy atom. The lowest BCUT2D eigenvalue weighted by molar-refractivity contribution is -0.384. The molecule has 3 aromatic carbocycles. The second-order valence-electron chi connectivity index (χ2n) is 13.4. The summed E-state index contributed by atoms with van der Waals surface area (Å²) in [6.45, 7) is 6.15. The van der Waals surface area contributed by atoms with Crippen molar-refractivity contribution in [1.82, 2.24) is 19.4 Å². The van der Waals surface area contributed by atoms with Crippen molar-refractivity contribution < 1.29 is 38.0 Å². The number of rotatable bonds is 17. The zero-order chi connectivity index (χ0) is 38.2. The molecule has 0 aromatic heterocycles. The lowest BCUT2D eigenvalue weighted by atomic mass is 9.97. The van der Waals surface area contributed by atoms with Crippen molar-refractivity contribution in [3.05, 3.63) is 106 Å². The first kappa shape index (κ1) is 39.6. The Morgan fingerprint density at radius 1 is 1.00 bits per heavy atom. The van der Waals surface area contributed by atoms with E-state index in [1.54, 1.807) is 44.2 Å². The first-order valence-electron chi connectivity index (χ1n) is 16.8. The molecule has 1 fully saturated rings. The SMILES string of the molecule is CC(C)CN(C[C@H](O)[C@H](Cc1ccccc1)NC(=O)[C@H](C(C)C)N1CC(=O)N(Cc2cccc([N+](=O)[O-])c2)C1=O)S(=O)(=O)c1ccc(C=NO)cc1. The van der Waals surface area contributed by atoms with Gasteiger partial charge in [0.05, 0.1) is 34.7 Å². The van der Waals surface area contributed by atoms with Gasteiger partial charge in [0.1, 0.15) is 12.6 Å². The molecule has 278 valence electrons. The maximum atomic E-state index is 14.1. The van der Waals surface area contributed by atoms with Crippen LogP contribution in [0.25, 0.3) is 0 Å². The minimum Gasteiger partial charge on any atom is -0.411 e. The van der Waals surface area contributed by atoms with Gasteiger partial charge in [-0.15, -0.1) is 0 Å². The van der Waals surface area contributed by atoms with Crippen molar-refractivity contribution in [1.29, 1.82) is 0 Å². The van der Waals surface area contributed by atoms with Crippen LogP contribution in [0, 0.1) is 22.0 Å². The summed E-state index contributed by atoms with van der Waals surface area (Å²) in [6.07, 6.45) is -0.129. The van der Waals surface area contributed by atoms with Gasteiger partial charge < -0.3 is 20.5 Å². The first-order chi connectivity index (χ1) is 24.6. The summed E-state index contributed by atoms with van der Waals surface area (Å²) in [7, 11) is -4.13. The molecule has 16 heteroatoms. The van der Waals surface area contributed by atoms with Crippen molar-refractivity contribution in [3.63, 3.8) is 0 Å². The number of oxime groups is 1. The Labute approximate surface area is 302 Å². The van der Waals surface area contributed by atoms with E-state index in [-0.39, 0.29) is 42.6 Å². The van der Waals surface area contributed by atoms with E-state index in [9.17, 15) is 38.0 Å². The molecule has 3 atom stereocenters. The van der Waals surface area contributed by atoms with Gasteiger partial charge in [0.25, 0.3) is 11.6 Å². The predicted octanol–water partition coefficient (Wildman–Crippen LogP) is 3.63. The molecule has 1 heterocycles. The van der Waals surface area contributed by atoms with Crippen molar-refractivity contribution in [2.75, 3.05) is 19.6 Å². The van der Waals surface area contributed by atoms with Crippen LogP contribution in [0.2, 0.25) is 0 Å². The number of nitro groups is 1. The number of carbonyl (C=O) groups excluding carboxylic acids is 3. The molecule has 4 amide bonds. The van der Waals surface area contributed by atoms with E-state index < -0.39 is 63.4 Å². The summed E-state index contributed by atoms with van der Waals surface area (Å²) in [5.74, 6) is -1.84. The number of nitrogens with zero attached hydrogens (tertiary/aromatic N) is 5. The molecular weight excluding hydrogens is 692 g/mol. The highest BCUT2D eigenvalue weighted by molar-refractivity contribution is 7.89. The van der Waals surface area contributed by atoms with E-state index in [1.807, 2.05) is 19.9 Å². The number of non-ortho nitro benzene ring substituents is 1. The molecule has 1 aliphatic heterocycles. The molecule has 0 saturated carbocycles. The Hall–Kier alpha value is -5.19. The zero-order valence-corrected chi connectivity index (χ0v) is 30.2. The summed E-state index contributed by atoms with van der Waals surface area (Å²) in [5.41, 5.74) is 1.40. The number of benzene rings is 3. The smallest absolute Gasteiger partial charge is 0.328 e. The largest absolute Gasteiger partial charge is 0.411 e. The quantitative estimate of drug-likeness (QED) is 0.0608. The molecule has 3 N–H and O–H groups in total. The van der Waals surface area contributed by atoms with Gasteiger partial charge in [-0.2, -0.15) is 4.31 Å². The Balaban J connectivity index is 1.59. The average molecular weight is 737 g/mol. The molecule has 0 radical (unpaired) electrons. The summed E-state index contributed by atoms with van der Waals surface area (Å²) in [6, 6.07) is 17.4. The van der Waals surface area contributed by atoms with Gasteiger partial charge in [0.2, 0.25) is 15.9 Å². The molecule has 52 heavy (non-hydrogen) atoms. The minimum absolute atomic E-state index is 0.0363. The summed E-state index contributed by atoms with van der Waals surface area (Å²) < 4.78 is 28.9. The molecule has 15 nitrogen and oxygen atoms in total. The van der Waals surface area contributed by atoms with Crippen LogP contribution in [0.1, 0.15) is 44.4 Å². The number of amides is 4. The topological polar surface area (TPSA) is 203 Å². The third-order valence-corrected chi connectivity index (χ3v) is 10.4. The lowest BCUT2D eigenvalue weighted by Gasteiger charge is -2.34. The Bertz CT molecular complexity index is 1870. The van der Waals surface area contributed by atoms with Crippen LogP contribution in [0.4, 0.5) is 10.5 Å². The highest BCUT2D eigenvalue weighted by Crippen LogP contribution is 2.24. The third-order valence-electron chi connectivity index (χ3n) is 8.56. The van der Waals surface area contributed by atoms with E-state index in [4.69, 9.17) is 5.21 Å².